The molecule has 0 unspecified atom stereocenters. The summed E-state index contributed by atoms with van der Waals surface area (Å²) in [6, 6.07) is 3.90. The normalized spacial score (nSPS) is 18.6. The fourth-order valence-corrected chi connectivity index (χ4v) is 1.44. The average molecular weight is 255 g/mol. The number of rotatable bonds is 5. The molecular formula is C13H16FNO3. The molecule has 0 aromatic heterocycles. The summed E-state index contributed by atoms with van der Waals surface area (Å²) in [4.78, 5) is 10.7. The maximum absolute atomic E-state index is 13.7. The lowest BCUT2D eigenvalue weighted by molar-refractivity contribution is 0.116. The van der Waals surface area contributed by atoms with Crippen molar-refractivity contribution in [3.05, 3.63) is 29.6 Å². The minimum atomic E-state index is -1.90. The maximum atomic E-state index is 13.7. The Hall–Kier alpha value is -1.78. The molecule has 1 amide bonds. The van der Waals surface area contributed by atoms with E-state index in [1.165, 1.54) is 12.1 Å². The summed E-state index contributed by atoms with van der Waals surface area (Å²) in [5.41, 5.74) is 5.40. The number of carbonyl (C=O) groups excluding carboxylic acids is 1. The highest BCUT2D eigenvalue weighted by Gasteiger charge is 2.22. The highest BCUT2D eigenvalue weighted by atomic mass is 19.1. The molecule has 0 aliphatic heterocycles. The topological polar surface area (TPSA) is 61.6 Å². The fourth-order valence-electron chi connectivity index (χ4n) is 1.44. The third kappa shape index (κ3) is 3.35. The largest absolute Gasteiger partial charge is 0.490 e. The van der Waals surface area contributed by atoms with Crippen molar-refractivity contribution in [2.45, 2.75) is 25.9 Å². The summed E-state index contributed by atoms with van der Waals surface area (Å²) in [6.45, 7) is -0.315. The highest BCUT2D eigenvalue weighted by molar-refractivity contribution is 5.65. The van der Waals surface area contributed by atoms with E-state index in [2.05, 4.69) is 0 Å². The van der Waals surface area contributed by atoms with Gasteiger partial charge in [0.2, 0.25) is 0 Å². The number of benzene rings is 1. The molecule has 1 fully saturated rings. The quantitative estimate of drug-likeness (QED) is 0.880. The van der Waals surface area contributed by atoms with Crippen LogP contribution in [0.4, 0.5) is 9.18 Å². The van der Waals surface area contributed by atoms with Crippen LogP contribution in [0.15, 0.2) is 18.2 Å². The van der Waals surface area contributed by atoms with Crippen molar-refractivity contribution in [3.63, 3.8) is 0 Å². The molecule has 0 radical (unpaired) electrons. The van der Waals surface area contributed by atoms with E-state index in [4.69, 9.17) is 17.9 Å². The first-order chi connectivity index (χ1) is 9.29. The van der Waals surface area contributed by atoms with E-state index in [1.807, 2.05) is 0 Å². The van der Waals surface area contributed by atoms with E-state index < -0.39 is 24.6 Å². The van der Waals surface area contributed by atoms with E-state index in [0.29, 0.717) is 5.56 Å². The van der Waals surface area contributed by atoms with Crippen molar-refractivity contribution in [2.75, 3.05) is 6.56 Å². The zero-order chi connectivity index (χ0) is 14.9. The molecule has 1 aromatic carbocycles. The minimum Gasteiger partial charge on any atom is -0.490 e. The predicted octanol–water partition coefficient (Wildman–Crippen LogP) is 2.77. The van der Waals surface area contributed by atoms with Crippen molar-refractivity contribution < 1.29 is 21.4 Å². The van der Waals surface area contributed by atoms with Crippen LogP contribution in [0.2, 0.25) is 0 Å². The highest BCUT2D eigenvalue weighted by Crippen LogP contribution is 2.31. The van der Waals surface area contributed by atoms with Gasteiger partial charge in [-0.05, 0) is 43.4 Å². The van der Waals surface area contributed by atoms with Crippen LogP contribution in [0.5, 0.6) is 5.75 Å². The number of carbonyl (C=O) groups is 1. The van der Waals surface area contributed by atoms with Crippen LogP contribution in [-0.2, 0) is 4.74 Å². The summed E-state index contributed by atoms with van der Waals surface area (Å²) in [6.07, 6.45) is -0.134. The van der Waals surface area contributed by atoms with Crippen LogP contribution in [0, 0.1) is 11.7 Å². The third-order valence-electron chi connectivity index (χ3n) is 2.63. The Kier molecular flexibility index (Phi) is 2.96. The number of halogens is 1. The Morgan fingerprint density at radius 3 is 3.00 bits per heavy atom. The Bertz CT molecular complexity index is 520. The lowest BCUT2D eigenvalue weighted by atomic mass is 10.1. The molecule has 1 atom stereocenters. The van der Waals surface area contributed by atoms with E-state index in [9.17, 15) is 9.18 Å². The molecule has 1 aromatic rings. The van der Waals surface area contributed by atoms with Crippen LogP contribution in [0.3, 0.4) is 0 Å². The summed E-state index contributed by atoms with van der Waals surface area (Å²) in [7, 11) is 0. The molecule has 1 saturated carbocycles. The maximum Gasteiger partial charge on any atom is 0.405 e. The molecule has 0 bridgehead atoms. The summed E-state index contributed by atoms with van der Waals surface area (Å²) >= 11 is 0. The van der Waals surface area contributed by atoms with Crippen molar-refractivity contribution in [3.8, 4) is 5.75 Å². The number of ether oxygens (including phenoxy) is 2. The fraction of sp³-hybridized carbons (Fsp3) is 0.462. The number of hydrogen-bond acceptors (Lipinski definition) is 3. The second-order valence-electron chi connectivity index (χ2n) is 4.26. The van der Waals surface area contributed by atoms with E-state index in [-0.39, 0.29) is 11.7 Å². The van der Waals surface area contributed by atoms with E-state index in [0.717, 1.165) is 18.9 Å². The standard InChI is InChI=1S/C13H16FNO3/c1-8(18-13(15)16)10-4-5-11(14)12(6-10)17-7-9-2-3-9/h4-6,8-9H,2-3,7H2,1H3,(H2,15,16)/t8-/m1/s1/i7D2. The predicted molar refractivity (Wildman–Crippen MR) is 63.7 cm³/mol. The molecule has 0 heterocycles. The first-order valence-electron chi connectivity index (χ1n) is 6.74. The van der Waals surface area contributed by atoms with Gasteiger partial charge in [0, 0.05) is 0 Å². The second kappa shape index (κ2) is 5.25. The van der Waals surface area contributed by atoms with Gasteiger partial charge in [0.25, 0.3) is 0 Å². The Labute approximate surface area is 108 Å². The van der Waals surface area contributed by atoms with Gasteiger partial charge in [0.05, 0.1) is 9.30 Å². The molecule has 4 nitrogen and oxygen atoms in total. The van der Waals surface area contributed by atoms with Crippen LogP contribution in [0.25, 0.3) is 0 Å². The Morgan fingerprint density at radius 1 is 1.67 bits per heavy atom. The second-order valence-corrected chi connectivity index (χ2v) is 4.26. The molecule has 18 heavy (non-hydrogen) atoms. The molecule has 0 saturated heterocycles. The van der Waals surface area contributed by atoms with Gasteiger partial charge in [-0.3, -0.25) is 0 Å². The lowest BCUT2D eigenvalue weighted by Crippen LogP contribution is -2.15. The van der Waals surface area contributed by atoms with Crippen LogP contribution in [-0.4, -0.2) is 12.7 Å². The minimum absolute atomic E-state index is 0.195. The molecule has 0 spiro atoms. The van der Waals surface area contributed by atoms with Crippen molar-refractivity contribution in [1.82, 2.24) is 0 Å². The van der Waals surface area contributed by atoms with Gasteiger partial charge < -0.3 is 15.2 Å². The van der Waals surface area contributed by atoms with E-state index in [1.54, 1.807) is 6.92 Å². The zero-order valence-corrected chi connectivity index (χ0v) is 9.98. The van der Waals surface area contributed by atoms with Crippen LogP contribution in [0.1, 0.15) is 34.2 Å². The van der Waals surface area contributed by atoms with Gasteiger partial charge >= 0.3 is 6.09 Å². The summed E-state index contributed by atoms with van der Waals surface area (Å²) in [5, 5.41) is 0. The Balaban J connectivity index is 2.18. The van der Waals surface area contributed by atoms with Crippen molar-refractivity contribution >= 4 is 6.09 Å². The summed E-state index contributed by atoms with van der Waals surface area (Å²) in [5.74, 6) is -1.06. The van der Waals surface area contributed by atoms with Crippen molar-refractivity contribution in [1.29, 1.82) is 0 Å². The average Bonchev–Trinajstić information content (AvgIpc) is 3.14. The third-order valence-corrected chi connectivity index (χ3v) is 2.63. The number of nitrogens with two attached hydrogens (primary N) is 1. The van der Waals surface area contributed by atoms with Gasteiger partial charge in [-0.25, -0.2) is 9.18 Å². The van der Waals surface area contributed by atoms with Crippen LogP contribution >= 0.6 is 0 Å². The number of amides is 1. The smallest absolute Gasteiger partial charge is 0.405 e. The number of hydrogen-bond donors (Lipinski definition) is 1. The first-order valence-corrected chi connectivity index (χ1v) is 5.74. The van der Waals surface area contributed by atoms with Crippen molar-refractivity contribution in [2.24, 2.45) is 11.7 Å². The molecule has 2 N–H and O–H groups in total. The number of primary amides is 1. The van der Waals surface area contributed by atoms with Gasteiger partial charge in [-0.15, -0.1) is 0 Å². The monoisotopic (exact) mass is 255 g/mol. The van der Waals surface area contributed by atoms with Crippen LogP contribution < -0.4 is 10.5 Å². The molecule has 2 rings (SSSR count). The van der Waals surface area contributed by atoms with Gasteiger partial charge in [-0.1, -0.05) is 6.07 Å². The first kappa shape index (κ1) is 10.2. The molecule has 5 heteroatoms. The molecule has 1 aliphatic rings. The zero-order valence-electron chi connectivity index (χ0n) is 12.0. The SMILES string of the molecule is [2H]C([2H])(Oc1cc([C@@H](C)OC(N)=O)ccc1F)C1CC1. The lowest BCUT2D eigenvalue weighted by Gasteiger charge is -2.14. The van der Waals surface area contributed by atoms with Gasteiger partial charge in [0.1, 0.15) is 6.10 Å². The summed E-state index contributed by atoms with van der Waals surface area (Å²) < 4.78 is 39.1. The Morgan fingerprint density at radius 2 is 2.39 bits per heavy atom. The molecule has 98 valence electrons. The van der Waals surface area contributed by atoms with Gasteiger partial charge in [0.15, 0.2) is 11.6 Å². The molecule has 1 aliphatic carbocycles. The molecular weight excluding hydrogens is 237 g/mol. The van der Waals surface area contributed by atoms with E-state index >= 15 is 0 Å². The van der Waals surface area contributed by atoms with Gasteiger partial charge in [-0.2, -0.15) is 0 Å².